The Hall–Kier alpha value is -4.13. The van der Waals surface area contributed by atoms with Crippen LogP contribution in [0.1, 0.15) is 168 Å². The van der Waals surface area contributed by atoms with Crippen molar-refractivity contribution in [2.45, 2.75) is 242 Å². The number of ether oxygens (including phenoxy) is 4. The third-order valence-electron chi connectivity index (χ3n) is 13.5. The van der Waals surface area contributed by atoms with E-state index in [1.807, 2.05) is 6.08 Å². The first kappa shape index (κ1) is 72.0. The van der Waals surface area contributed by atoms with Crippen LogP contribution in [0.3, 0.4) is 0 Å². The molecule has 0 saturated carbocycles. The quantitative estimate of drug-likeness (QED) is 0.0205. The summed E-state index contributed by atoms with van der Waals surface area (Å²) in [5.74, 6) is -0.275. The summed E-state index contributed by atoms with van der Waals surface area (Å²) >= 11 is 0. The number of allylic oxidation sites excluding steroid dienone is 23. The molecule has 14 nitrogen and oxygen atoms in total. The molecule has 0 aliphatic carbocycles. The molecule has 2 rings (SSSR count). The molecule has 1 amide bonds. The zero-order valence-corrected chi connectivity index (χ0v) is 48.5. The van der Waals surface area contributed by atoms with Crippen LogP contribution in [0.5, 0.6) is 0 Å². The molecule has 2 saturated heterocycles. The van der Waals surface area contributed by atoms with Gasteiger partial charge in [0.25, 0.3) is 0 Å². The van der Waals surface area contributed by atoms with Gasteiger partial charge in [-0.1, -0.05) is 198 Å². The smallest absolute Gasteiger partial charge is 0.220 e. The molecule has 12 atom stereocenters. The minimum absolute atomic E-state index is 0.245. The average Bonchev–Trinajstić information content (AvgIpc) is 3.49. The van der Waals surface area contributed by atoms with Crippen molar-refractivity contribution in [3.8, 4) is 0 Å². The normalized spacial score (nSPS) is 25.3. The van der Waals surface area contributed by atoms with Crippen LogP contribution in [0, 0.1) is 0 Å². The van der Waals surface area contributed by atoms with Gasteiger partial charge in [-0.05, 0) is 109 Å². The molecular formula is C66H105NO13. The van der Waals surface area contributed by atoms with E-state index < -0.39 is 86.8 Å². The second-order valence-corrected chi connectivity index (χ2v) is 20.4. The lowest BCUT2D eigenvalue weighted by Gasteiger charge is -2.46. The summed E-state index contributed by atoms with van der Waals surface area (Å²) in [7, 11) is 0. The zero-order chi connectivity index (χ0) is 58.1. The maximum atomic E-state index is 13.2. The van der Waals surface area contributed by atoms with Crippen molar-refractivity contribution in [1.82, 2.24) is 5.32 Å². The van der Waals surface area contributed by atoms with Crippen LogP contribution in [-0.4, -0.2) is 140 Å². The van der Waals surface area contributed by atoms with Gasteiger partial charge in [0.1, 0.15) is 48.8 Å². The summed E-state index contributed by atoms with van der Waals surface area (Å²) in [5.41, 5.74) is 0. The van der Waals surface area contributed by atoms with Crippen LogP contribution < -0.4 is 5.32 Å². The molecule has 2 fully saturated rings. The molecule has 452 valence electrons. The second-order valence-electron chi connectivity index (χ2n) is 20.4. The average molecular weight is 1120 g/mol. The molecule has 0 aromatic heterocycles. The lowest BCUT2D eigenvalue weighted by molar-refractivity contribution is -0.359. The zero-order valence-electron chi connectivity index (χ0n) is 48.5. The molecule has 2 aliphatic heterocycles. The standard InChI is InChI=1S/C66H105NO13/c1-3-5-7-9-11-13-14-15-16-17-18-19-20-21-22-23-24-25-26-27-28-29-30-31-32-33-34-35-36-37-38-39-40-42-44-46-48-50-58(71)67-54(55(70)49-47-45-43-41-12-10-8-6-4-2)53-77-65-63(76)61(74)64(57(52-69)79-65)80-66-62(75)60(73)59(72)56(51-68)78-66/h5,7,11-13,15-16,18-19,21-22,24-25,27-28,30-31,33-34,36-37,41,47,49,54-57,59-66,68-70,72-76H,3-4,6,8-10,14,17,20,23,26,29,32,35,38-40,42-46,48,50-53H2,1-2H3,(H,67,71)/b7-5-,13-11-,16-15-,19-18-,22-21-,25-24-,28-27-,31-30-,34-33-,37-36-,41-12+,49-47+. The first-order valence-electron chi connectivity index (χ1n) is 30.1. The summed E-state index contributed by atoms with van der Waals surface area (Å²) in [6.45, 7) is 2.55. The maximum absolute atomic E-state index is 13.2. The fourth-order valence-electron chi connectivity index (χ4n) is 8.68. The largest absolute Gasteiger partial charge is 0.394 e. The minimum Gasteiger partial charge on any atom is -0.394 e. The second kappa shape index (κ2) is 49.5. The minimum atomic E-state index is -1.80. The number of hydrogen-bond donors (Lipinski definition) is 9. The van der Waals surface area contributed by atoms with Gasteiger partial charge in [-0.2, -0.15) is 0 Å². The van der Waals surface area contributed by atoms with Gasteiger partial charge in [0.2, 0.25) is 5.91 Å². The maximum Gasteiger partial charge on any atom is 0.220 e. The Morgan fingerprint density at radius 1 is 0.463 bits per heavy atom. The van der Waals surface area contributed by atoms with E-state index in [9.17, 15) is 45.6 Å². The number of rotatable bonds is 45. The van der Waals surface area contributed by atoms with Gasteiger partial charge in [-0.15, -0.1) is 0 Å². The first-order chi connectivity index (χ1) is 39.1. The van der Waals surface area contributed by atoms with Gasteiger partial charge >= 0.3 is 0 Å². The highest BCUT2D eigenvalue weighted by molar-refractivity contribution is 5.76. The topological polar surface area (TPSA) is 228 Å². The van der Waals surface area contributed by atoms with Crippen molar-refractivity contribution in [1.29, 1.82) is 0 Å². The Balaban J connectivity index is 1.64. The number of hydrogen-bond acceptors (Lipinski definition) is 13. The summed E-state index contributed by atoms with van der Waals surface area (Å²) in [6.07, 6.45) is 57.8. The highest BCUT2D eigenvalue weighted by atomic mass is 16.7. The third-order valence-corrected chi connectivity index (χ3v) is 13.5. The van der Waals surface area contributed by atoms with E-state index in [0.29, 0.717) is 12.8 Å². The van der Waals surface area contributed by atoms with Crippen molar-refractivity contribution in [2.24, 2.45) is 0 Å². The van der Waals surface area contributed by atoms with Crippen LogP contribution in [0.15, 0.2) is 146 Å². The predicted octanol–water partition coefficient (Wildman–Crippen LogP) is 10.5. The van der Waals surface area contributed by atoms with Crippen LogP contribution >= 0.6 is 0 Å². The molecule has 0 spiro atoms. The SMILES string of the molecule is CC/C=C\C/C=C\C/C=C\C/C=C\C/C=C\C/C=C\C/C=C\C/C=C\C/C=C\C/C=C\CCCCCCCCC(=O)NC(COC1OC(CO)C(OC2OC(CO)C(O)C(O)C2O)C(O)C1O)C(O)/C=C/CC/C=C/CCCCC. The van der Waals surface area contributed by atoms with E-state index >= 15 is 0 Å². The number of aliphatic hydroxyl groups excluding tert-OH is 8. The number of carbonyl (C=O) groups excluding carboxylic acids is 1. The lowest BCUT2D eigenvalue weighted by Crippen LogP contribution is -2.65. The third kappa shape index (κ3) is 34.3. The van der Waals surface area contributed by atoms with Crippen LogP contribution in [-0.2, 0) is 23.7 Å². The van der Waals surface area contributed by atoms with Gasteiger partial charge in [0, 0.05) is 6.42 Å². The molecule has 0 aromatic rings. The Labute approximate surface area is 481 Å². The van der Waals surface area contributed by atoms with Crippen molar-refractivity contribution in [2.75, 3.05) is 19.8 Å². The van der Waals surface area contributed by atoms with Crippen molar-refractivity contribution in [3.05, 3.63) is 146 Å². The molecule has 2 aliphatic rings. The van der Waals surface area contributed by atoms with E-state index in [2.05, 4.69) is 153 Å². The van der Waals surface area contributed by atoms with Gasteiger partial charge in [0.05, 0.1) is 32.0 Å². The molecule has 0 aromatic carbocycles. The summed E-state index contributed by atoms with van der Waals surface area (Å²) in [4.78, 5) is 13.2. The number of amides is 1. The van der Waals surface area contributed by atoms with Gasteiger partial charge in [-0.25, -0.2) is 0 Å². The molecule has 2 heterocycles. The predicted molar refractivity (Wildman–Crippen MR) is 322 cm³/mol. The fourth-order valence-corrected chi connectivity index (χ4v) is 8.68. The van der Waals surface area contributed by atoms with E-state index in [1.165, 1.54) is 6.42 Å². The highest BCUT2D eigenvalue weighted by Crippen LogP contribution is 2.30. The molecule has 0 radical (unpaired) electrons. The molecular weight excluding hydrogens is 1010 g/mol. The van der Waals surface area contributed by atoms with E-state index in [4.69, 9.17) is 18.9 Å². The highest BCUT2D eigenvalue weighted by Gasteiger charge is 2.51. The fraction of sp³-hybridized carbons (Fsp3) is 0.621. The Morgan fingerprint density at radius 2 is 0.875 bits per heavy atom. The summed E-state index contributed by atoms with van der Waals surface area (Å²) < 4.78 is 22.7. The molecule has 9 N–H and O–H groups in total. The number of carbonyl (C=O) groups is 1. The Morgan fingerprint density at radius 3 is 1.38 bits per heavy atom. The molecule has 80 heavy (non-hydrogen) atoms. The van der Waals surface area contributed by atoms with Crippen LogP contribution in [0.25, 0.3) is 0 Å². The monoisotopic (exact) mass is 1120 g/mol. The number of aliphatic hydroxyl groups is 8. The van der Waals surface area contributed by atoms with Crippen LogP contribution in [0.4, 0.5) is 0 Å². The van der Waals surface area contributed by atoms with Crippen molar-refractivity contribution >= 4 is 5.91 Å². The molecule has 12 unspecified atom stereocenters. The van der Waals surface area contributed by atoms with Gasteiger partial charge in [0.15, 0.2) is 12.6 Å². The summed E-state index contributed by atoms with van der Waals surface area (Å²) in [6, 6.07) is -0.948. The Kier molecular flexibility index (Phi) is 44.5. The van der Waals surface area contributed by atoms with Crippen molar-refractivity contribution < 1.29 is 64.6 Å². The van der Waals surface area contributed by atoms with E-state index in [-0.39, 0.29) is 18.9 Å². The lowest BCUT2D eigenvalue weighted by atomic mass is 9.97. The van der Waals surface area contributed by atoms with Crippen LogP contribution in [0.2, 0.25) is 0 Å². The van der Waals surface area contributed by atoms with E-state index in [0.717, 1.165) is 128 Å². The molecule has 0 bridgehead atoms. The molecule has 14 heteroatoms. The van der Waals surface area contributed by atoms with Crippen molar-refractivity contribution in [3.63, 3.8) is 0 Å². The summed E-state index contributed by atoms with van der Waals surface area (Å²) in [5, 5.41) is 86.7. The van der Waals surface area contributed by atoms with Gasteiger partial charge in [-0.3, -0.25) is 4.79 Å². The van der Waals surface area contributed by atoms with Gasteiger partial charge < -0.3 is 65.1 Å². The first-order valence-corrected chi connectivity index (χ1v) is 30.1. The Bertz CT molecular complexity index is 1900. The number of unbranched alkanes of at least 4 members (excludes halogenated alkanes) is 10. The number of nitrogens with one attached hydrogen (secondary N) is 1. The van der Waals surface area contributed by atoms with E-state index in [1.54, 1.807) is 6.08 Å².